The van der Waals surface area contributed by atoms with Gasteiger partial charge in [0.25, 0.3) is 5.91 Å². The summed E-state index contributed by atoms with van der Waals surface area (Å²) in [7, 11) is 0. The van der Waals surface area contributed by atoms with Crippen molar-refractivity contribution in [3.8, 4) is 0 Å². The van der Waals surface area contributed by atoms with Crippen LogP contribution in [0.2, 0.25) is 0 Å². The molecule has 0 spiro atoms. The highest BCUT2D eigenvalue weighted by atomic mass is 16.3. The van der Waals surface area contributed by atoms with E-state index in [9.17, 15) is 9.90 Å². The second kappa shape index (κ2) is 9.92. The number of carbonyl (C=O) groups excluding carboxylic acids is 1. The lowest BCUT2D eigenvalue weighted by Gasteiger charge is -2.30. The number of nitrogens with zero attached hydrogens (tertiary/aromatic N) is 1. The highest BCUT2D eigenvalue weighted by molar-refractivity contribution is 6.01. The zero-order valence-electron chi connectivity index (χ0n) is 19.6. The Balaban J connectivity index is 2.12. The summed E-state index contributed by atoms with van der Waals surface area (Å²) in [5.41, 5.74) is 7.33. The molecule has 0 atom stereocenters. The Kier molecular flexibility index (Phi) is 7.26. The number of benzene rings is 3. The lowest BCUT2D eigenvalue weighted by Crippen LogP contribution is -2.45. The Morgan fingerprint density at radius 2 is 1.41 bits per heavy atom. The minimum atomic E-state index is -1.87. The Morgan fingerprint density at radius 3 is 1.91 bits per heavy atom. The van der Waals surface area contributed by atoms with Gasteiger partial charge in [0.15, 0.2) is 5.60 Å². The van der Waals surface area contributed by atoms with Crippen molar-refractivity contribution in [2.24, 2.45) is 5.10 Å². The normalized spacial score (nSPS) is 12.0. The van der Waals surface area contributed by atoms with Crippen molar-refractivity contribution in [2.75, 3.05) is 0 Å². The van der Waals surface area contributed by atoms with Gasteiger partial charge in [-0.1, -0.05) is 91.2 Å². The van der Waals surface area contributed by atoms with Crippen LogP contribution in [0.1, 0.15) is 58.7 Å². The van der Waals surface area contributed by atoms with Gasteiger partial charge >= 0.3 is 0 Å². The molecule has 1 amide bonds. The molecule has 4 heteroatoms. The molecule has 0 fully saturated rings. The van der Waals surface area contributed by atoms with Crippen molar-refractivity contribution in [3.05, 3.63) is 106 Å². The van der Waals surface area contributed by atoms with E-state index in [4.69, 9.17) is 0 Å². The minimum Gasteiger partial charge on any atom is -0.372 e. The first-order valence-electron chi connectivity index (χ1n) is 11.1. The first kappa shape index (κ1) is 23.4. The topological polar surface area (TPSA) is 61.7 Å². The van der Waals surface area contributed by atoms with Crippen molar-refractivity contribution in [1.82, 2.24) is 5.43 Å². The third-order valence-corrected chi connectivity index (χ3v) is 5.78. The fraction of sp³-hybridized carbons (Fsp3) is 0.286. The van der Waals surface area contributed by atoms with Gasteiger partial charge < -0.3 is 5.11 Å². The number of aryl methyl sites for hydroxylation is 4. The summed E-state index contributed by atoms with van der Waals surface area (Å²) in [5.74, 6) is -0.565. The lowest BCUT2D eigenvalue weighted by molar-refractivity contribution is -0.136. The molecule has 3 rings (SSSR count). The number of carbonyl (C=O) groups is 1. The Morgan fingerprint density at radius 1 is 0.875 bits per heavy atom. The summed E-state index contributed by atoms with van der Waals surface area (Å²) in [5, 5.41) is 16.5. The molecule has 0 saturated heterocycles. The van der Waals surface area contributed by atoms with Crippen LogP contribution < -0.4 is 5.43 Å². The molecule has 2 N–H and O–H groups in total. The van der Waals surface area contributed by atoms with Gasteiger partial charge in [0.1, 0.15) is 0 Å². The van der Waals surface area contributed by atoms with Crippen molar-refractivity contribution in [2.45, 2.75) is 53.1 Å². The molecule has 0 unspecified atom stereocenters. The van der Waals surface area contributed by atoms with Gasteiger partial charge in [0, 0.05) is 11.1 Å². The predicted octanol–water partition coefficient (Wildman–Crippen LogP) is 5.48. The van der Waals surface area contributed by atoms with Crippen LogP contribution in [-0.4, -0.2) is 16.7 Å². The van der Waals surface area contributed by atoms with Crippen LogP contribution in [0.25, 0.3) is 0 Å². The summed E-state index contributed by atoms with van der Waals surface area (Å²) >= 11 is 0. The molecule has 0 aliphatic rings. The van der Waals surface area contributed by atoms with E-state index in [-0.39, 0.29) is 0 Å². The number of amides is 1. The van der Waals surface area contributed by atoms with E-state index < -0.39 is 11.5 Å². The third-order valence-electron chi connectivity index (χ3n) is 5.78. The van der Waals surface area contributed by atoms with Crippen LogP contribution in [0.4, 0.5) is 0 Å². The van der Waals surface area contributed by atoms with Crippen LogP contribution in [0.5, 0.6) is 0 Å². The third kappa shape index (κ3) is 4.81. The van der Waals surface area contributed by atoms with E-state index in [1.165, 1.54) is 0 Å². The highest BCUT2D eigenvalue weighted by Gasteiger charge is 2.42. The second-order valence-corrected chi connectivity index (χ2v) is 8.46. The average Bonchev–Trinajstić information content (AvgIpc) is 2.79. The molecule has 0 aliphatic heterocycles. The maximum absolute atomic E-state index is 13.7. The predicted molar refractivity (Wildman–Crippen MR) is 131 cm³/mol. The van der Waals surface area contributed by atoms with E-state index in [2.05, 4.69) is 17.5 Å². The van der Waals surface area contributed by atoms with Gasteiger partial charge in [0.05, 0.1) is 5.71 Å². The van der Waals surface area contributed by atoms with Crippen LogP contribution in [0.15, 0.2) is 71.8 Å². The highest BCUT2D eigenvalue weighted by Crippen LogP contribution is 2.35. The average molecular weight is 429 g/mol. The molecule has 3 aromatic carbocycles. The summed E-state index contributed by atoms with van der Waals surface area (Å²) in [4.78, 5) is 13.7. The molecule has 32 heavy (non-hydrogen) atoms. The summed E-state index contributed by atoms with van der Waals surface area (Å²) < 4.78 is 0. The lowest BCUT2D eigenvalue weighted by atomic mass is 9.80. The standard InChI is InChI=1S/C28H32N2O2/c1-6-10-26(23-11-8-7-9-12-23)29-30-27(31)28(32,24-17-19(2)13-15-21(24)4)25-18-20(3)14-16-22(25)5/h7-9,11-18,32H,6,10H2,1-5H3,(H,30,31)/b29-26-. The number of hydrazone groups is 1. The Labute approximate surface area is 191 Å². The molecule has 0 aliphatic carbocycles. The molecular weight excluding hydrogens is 396 g/mol. The van der Waals surface area contributed by atoms with E-state index in [0.717, 1.165) is 46.4 Å². The van der Waals surface area contributed by atoms with E-state index in [1.807, 2.05) is 94.4 Å². The fourth-order valence-corrected chi connectivity index (χ4v) is 3.97. The van der Waals surface area contributed by atoms with Crippen LogP contribution in [0.3, 0.4) is 0 Å². The molecule has 0 bridgehead atoms. The van der Waals surface area contributed by atoms with Gasteiger partial charge in [-0.2, -0.15) is 5.10 Å². The molecular formula is C28H32N2O2. The molecule has 0 radical (unpaired) electrons. The monoisotopic (exact) mass is 428 g/mol. The minimum absolute atomic E-state index is 0.565. The molecule has 166 valence electrons. The zero-order valence-corrected chi connectivity index (χ0v) is 19.6. The number of aliphatic hydroxyl groups is 1. The zero-order chi connectivity index (χ0) is 23.3. The SMILES string of the molecule is CCC/C(=N/NC(=O)C(O)(c1cc(C)ccc1C)c1cc(C)ccc1C)c1ccccc1. The van der Waals surface area contributed by atoms with Gasteiger partial charge in [-0.15, -0.1) is 0 Å². The summed E-state index contributed by atoms with van der Waals surface area (Å²) in [6.45, 7) is 9.80. The van der Waals surface area contributed by atoms with Crippen LogP contribution in [0, 0.1) is 27.7 Å². The number of hydrogen-bond acceptors (Lipinski definition) is 3. The van der Waals surface area contributed by atoms with Gasteiger partial charge in [-0.3, -0.25) is 4.79 Å². The maximum atomic E-state index is 13.7. The van der Waals surface area contributed by atoms with E-state index in [1.54, 1.807) is 0 Å². The maximum Gasteiger partial charge on any atom is 0.281 e. The van der Waals surface area contributed by atoms with Crippen LogP contribution >= 0.6 is 0 Å². The van der Waals surface area contributed by atoms with Crippen LogP contribution in [-0.2, 0) is 10.4 Å². The number of hydrogen-bond donors (Lipinski definition) is 2. The number of nitrogens with one attached hydrogen (secondary N) is 1. The van der Waals surface area contributed by atoms with E-state index in [0.29, 0.717) is 11.1 Å². The fourth-order valence-electron chi connectivity index (χ4n) is 3.97. The molecule has 3 aromatic rings. The van der Waals surface area contributed by atoms with Crippen molar-refractivity contribution in [3.63, 3.8) is 0 Å². The molecule has 0 aromatic heterocycles. The largest absolute Gasteiger partial charge is 0.372 e. The van der Waals surface area contributed by atoms with Gasteiger partial charge in [-0.25, -0.2) is 5.43 Å². The van der Waals surface area contributed by atoms with Crippen molar-refractivity contribution >= 4 is 11.6 Å². The Hall–Kier alpha value is -3.24. The van der Waals surface area contributed by atoms with E-state index >= 15 is 0 Å². The smallest absolute Gasteiger partial charge is 0.281 e. The van der Waals surface area contributed by atoms with Gasteiger partial charge in [-0.05, 0) is 50.8 Å². The number of rotatable bonds is 7. The quantitative estimate of drug-likeness (QED) is 0.387. The first-order chi connectivity index (χ1) is 15.3. The van der Waals surface area contributed by atoms with Crippen molar-refractivity contribution < 1.29 is 9.90 Å². The molecule has 0 saturated carbocycles. The first-order valence-corrected chi connectivity index (χ1v) is 11.1. The summed E-state index contributed by atoms with van der Waals surface area (Å²) in [6, 6.07) is 21.4. The van der Waals surface area contributed by atoms with Gasteiger partial charge in [0.2, 0.25) is 0 Å². The Bertz CT molecular complexity index is 1080. The van der Waals surface area contributed by atoms with Crippen molar-refractivity contribution in [1.29, 1.82) is 0 Å². The second-order valence-electron chi connectivity index (χ2n) is 8.46. The summed E-state index contributed by atoms with van der Waals surface area (Å²) in [6.07, 6.45) is 1.61. The molecule has 4 nitrogen and oxygen atoms in total. The molecule has 0 heterocycles.